The van der Waals surface area contributed by atoms with Crippen LogP contribution in [0, 0.1) is 6.92 Å². The summed E-state index contributed by atoms with van der Waals surface area (Å²) in [4.78, 5) is 14.3. The molecule has 2 aromatic rings. The van der Waals surface area contributed by atoms with Crippen LogP contribution in [0.1, 0.15) is 21.5 Å². The standard InChI is InChI=1S/C20H26N2O3/c1-15-6-4-9-19(10-15)25-14-18(23)12-21-20(24)17-8-5-7-16(11-17)13-22(2)3/h4-11,18,23H,12-14H2,1-3H3,(H,21,24). The highest BCUT2D eigenvalue weighted by molar-refractivity contribution is 5.94. The average Bonchev–Trinajstić information content (AvgIpc) is 2.57. The molecule has 0 aliphatic heterocycles. The van der Waals surface area contributed by atoms with Crippen LogP contribution in [-0.4, -0.2) is 49.3 Å². The summed E-state index contributed by atoms with van der Waals surface area (Å²) in [5, 5.41) is 12.7. The van der Waals surface area contributed by atoms with E-state index in [1.54, 1.807) is 6.07 Å². The van der Waals surface area contributed by atoms with Gasteiger partial charge in [-0.15, -0.1) is 0 Å². The largest absolute Gasteiger partial charge is 0.491 e. The number of hydrogen-bond donors (Lipinski definition) is 2. The van der Waals surface area contributed by atoms with E-state index in [1.807, 2.05) is 68.4 Å². The minimum absolute atomic E-state index is 0.129. The highest BCUT2D eigenvalue weighted by Gasteiger charge is 2.10. The van der Waals surface area contributed by atoms with E-state index in [2.05, 4.69) is 5.32 Å². The Kier molecular flexibility index (Phi) is 6.98. The SMILES string of the molecule is Cc1cccc(OCC(O)CNC(=O)c2cccc(CN(C)C)c2)c1. The molecule has 5 nitrogen and oxygen atoms in total. The lowest BCUT2D eigenvalue weighted by Crippen LogP contribution is -2.35. The Balaban J connectivity index is 1.80. The number of aryl methyl sites for hydroxylation is 1. The maximum absolute atomic E-state index is 12.2. The first-order chi connectivity index (χ1) is 11.9. The molecule has 1 atom stereocenters. The number of amides is 1. The molecule has 0 fully saturated rings. The van der Waals surface area contributed by atoms with E-state index in [9.17, 15) is 9.90 Å². The van der Waals surface area contributed by atoms with Crippen LogP contribution in [0.15, 0.2) is 48.5 Å². The van der Waals surface area contributed by atoms with Crippen molar-refractivity contribution in [2.24, 2.45) is 0 Å². The first-order valence-electron chi connectivity index (χ1n) is 8.33. The third kappa shape index (κ3) is 6.57. The van der Waals surface area contributed by atoms with E-state index in [0.717, 1.165) is 17.7 Å². The molecule has 2 rings (SSSR count). The van der Waals surface area contributed by atoms with Crippen molar-refractivity contribution in [1.29, 1.82) is 0 Å². The second-order valence-corrected chi connectivity index (χ2v) is 6.43. The van der Waals surface area contributed by atoms with Crippen LogP contribution in [0.4, 0.5) is 0 Å². The number of aliphatic hydroxyl groups is 1. The normalized spacial score (nSPS) is 12.0. The van der Waals surface area contributed by atoms with Gasteiger partial charge < -0.3 is 20.1 Å². The number of nitrogens with zero attached hydrogens (tertiary/aromatic N) is 1. The Labute approximate surface area is 149 Å². The quantitative estimate of drug-likeness (QED) is 0.772. The van der Waals surface area contributed by atoms with Gasteiger partial charge in [0, 0.05) is 18.7 Å². The number of nitrogens with one attached hydrogen (secondary N) is 1. The van der Waals surface area contributed by atoms with Gasteiger partial charge in [0.1, 0.15) is 18.5 Å². The van der Waals surface area contributed by atoms with Crippen LogP contribution in [0.2, 0.25) is 0 Å². The van der Waals surface area contributed by atoms with Crippen molar-refractivity contribution in [3.05, 3.63) is 65.2 Å². The molecule has 0 aliphatic rings. The molecule has 0 heterocycles. The molecule has 2 N–H and O–H groups in total. The minimum Gasteiger partial charge on any atom is -0.491 e. The van der Waals surface area contributed by atoms with E-state index in [1.165, 1.54) is 0 Å². The van der Waals surface area contributed by atoms with Crippen molar-refractivity contribution in [3.63, 3.8) is 0 Å². The molecule has 0 spiro atoms. The fraction of sp³-hybridized carbons (Fsp3) is 0.350. The third-order valence-corrected chi connectivity index (χ3v) is 3.62. The zero-order valence-corrected chi connectivity index (χ0v) is 15.0. The Bertz CT molecular complexity index is 701. The summed E-state index contributed by atoms with van der Waals surface area (Å²) < 4.78 is 5.54. The highest BCUT2D eigenvalue weighted by atomic mass is 16.5. The van der Waals surface area contributed by atoms with Gasteiger partial charge in [0.25, 0.3) is 5.91 Å². The first kappa shape index (κ1) is 19.0. The average molecular weight is 342 g/mol. The van der Waals surface area contributed by atoms with Gasteiger partial charge >= 0.3 is 0 Å². The lowest BCUT2D eigenvalue weighted by molar-refractivity contribution is 0.0843. The molecule has 5 heteroatoms. The maximum atomic E-state index is 12.2. The van der Waals surface area contributed by atoms with Gasteiger partial charge in [-0.25, -0.2) is 0 Å². The van der Waals surface area contributed by atoms with Gasteiger partial charge in [-0.2, -0.15) is 0 Å². The molecule has 134 valence electrons. The van der Waals surface area contributed by atoms with Crippen LogP contribution in [-0.2, 0) is 6.54 Å². The maximum Gasteiger partial charge on any atom is 0.251 e. The van der Waals surface area contributed by atoms with Crippen molar-refractivity contribution in [1.82, 2.24) is 10.2 Å². The molecule has 0 radical (unpaired) electrons. The van der Waals surface area contributed by atoms with E-state index >= 15 is 0 Å². The Morgan fingerprint density at radius 1 is 1.20 bits per heavy atom. The molecular formula is C20H26N2O3. The van der Waals surface area contributed by atoms with Crippen molar-refractivity contribution >= 4 is 5.91 Å². The molecule has 0 aliphatic carbocycles. The van der Waals surface area contributed by atoms with Crippen molar-refractivity contribution in [3.8, 4) is 5.75 Å². The van der Waals surface area contributed by atoms with E-state index in [-0.39, 0.29) is 19.1 Å². The number of rotatable bonds is 8. The van der Waals surface area contributed by atoms with Gasteiger partial charge in [-0.05, 0) is 56.4 Å². The molecule has 0 saturated heterocycles. The number of carbonyl (C=O) groups is 1. The van der Waals surface area contributed by atoms with Gasteiger partial charge in [0.05, 0.1) is 0 Å². The summed E-state index contributed by atoms with van der Waals surface area (Å²) in [6.07, 6.45) is -0.769. The summed E-state index contributed by atoms with van der Waals surface area (Å²) in [6.45, 7) is 3.02. The Morgan fingerprint density at radius 2 is 1.96 bits per heavy atom. The predicted molar refractivity (Wildman–Crippen MR) is 98.8 cm³/mol. The summed E-state index contributed by atoms with van der Waals surface area (Å²) in [6, 6.07) is 15.1. The second-order valence-electron chi connectivity index (χ2n) is 6.43. The van der Waals surface area contributed by atoms with E-state index in [0.29, 0.717) is 11.3 Å². The summed E-state index contributed by atoms with van der Waals surface area (Å²) in [5.74, 6) is 0.511. The second kappa shape index (κ2) is 9.20. The topological polar surface area (TPSA) is 61.8 Å². The molecular weight excluding hydrogens is 316 g/mol. The van der Waals surface area contributed by atoms with E-state index < -0.39 is 6.10 Å². The van der Waals surface area contributed by atoms with Crippen LogP contribution in [0.5, 0.6) is 5.75 Å². The summed E-state index contributed by atoms with van der Waals surface area (Å²) in [7, 11) is 3.97. The predicted octanol–water partition coefficient (Wildman–Crippen LogP) is 2.23. The Morgan fingerprint density at radius 3 is 2.68 bits per heavy atom. The number of hydrogen-bond acceptors (Lipinski definition) is 4. The summed E-state index contributed by atoms with van der Waals surface area (Å²) >= 11 is 0. The van der Waals surface area contributed by atoms with Crippen LogP contribution < -0.4 is 10.1 Å². The third-order valence-electron chi connectivity index (χ3n) is 3.62. The van der Waals surface area contributed by atoms with Crippen LogP contribution in [0.25, 0.3) is 0 Å². The number of carbonyl (C=O) groups excluding carboxylic acids is 1. The number of aliphatic hydroxyl groups excluding tert-OH is 1. The number of ether oxygens (including phenoxy) is 1. The highest BCUT2D eigenvalue weighted by Crippen LogP contribution is 2.12. The molecule has 1 unspecified atom stereocenters. The molecule has 25 heavy (non-hydrogen) atoms. The zero-order valence-electron chi connectivity index (χ0n) is 15.0. The van der Waals surface area contributed by atoms with E-state index in [4.69, 9.17) is 4.74 Å². The first-order valence-corrected chi connectivity index (χ1v) is 8.33. The van der Waals surface area contributed by atoms with Gasteiger partial charge in [-0.3, -0.25) is 4.79 Å². The molecule has 0 saturated carbocycles. The van der Waals surface area contributed by atoms with Gasteiger partial charge in [0.15, 0.2) is 0 Å². The van der Waals surface area contributed by atoms with Crippen LogP contribution in [0.3, 0.4) is 0 Å². The number of benzene rings is 2. The van der Waals surface area contributed by atoms with Gasteiger partial charge in [0.2, 0.25) is 0 Å². The molecule has 0 bridgehead atoms. The lowest BCUT2D eigenvalue weighted by atomic mass is 10.1. The lowest BCUT2D eigenvalue weighted by Gasteiger charge is -2.14. The van der Waals surface area contributed by atoms with Gasteiger partial charge in [-0.1, -0.05) is 24.3 Å². The van der Waals surface area contributed by atoms with Crippen LogP contribution >= 0.6 is 0 Å². The zero-order chi connectivity index (χ0) is 18.2. The minimum atomic E-state index is -0.769. The fourth-order valence-corrected chi connectivity index (χ4v) is 2.45. The Hall–Kier alpha value is -2.37. The molecule has 0 aromatic heterocycles. The summed E-state index contributed by atoms with van der Waals surface area (Å²) in [5.41, 5.74) is 2.75. The fourth-order valence-electron chi connectivity index (χ4n) is 2.45. The molecule has 1 amide bonds. The molecule has 2 aromatic carbocycles. The van der Waals surface area contributed by atoms with Crippen molar-refractivity contribution < 1.29 is 14.6 Å². The smallest absolute Gasteiger partial charge is 0.251 e. The van der Waals surface area contributed by atoms with Crippen molar-refractivity contribution in [2.75, 3.05) is 27.2 Å². The van der Waals surface area contributed by atoms with Crippen molar-refractivity contribution in [2.45, 2.75) is 19.6 Å². The monoisotopic (exact) mass is 342 g/mol.